The second kappa shape index (κ2) is 9.33. The highest BCUT2D eigenvalue weighted by Crippen LogP contribution is 2.38. The van der Waals surface area contributed by atoms with Crippen molar-refractivity contribution >= 4 is 39.2 Å². The van der Waals surface area contributed by atoms with Crippen LogP contribution in [0.3, 0.4) is 0 Å². The molecule has 0 unspecified atom stereocenters. The number of anilines is 2. The number of nitrogens with one attached hydrogen (secondary N) is 3. The van der Waals surface area contributed by atoms with Crippen LogP contribution in [0.15, 0.2) is 47.4 Å². The predicted molar refractivity (Wildman–Crippen MR) is 132 cm³/mol. The number of benzene rings is 2. The first-order chi connectivity index (χ1) is 16.5. The van der Waals surface area contributed by atoms with Crippen molar-refractivity contribution < 1.29 is 22.8 Å². The van der Waals surface area contributed by atoms with Gasteiger partial charge in [0.25, 0.3) is 15.9 Å². The Kier molecular flexibility index (Phi) is 6.59. The molecule has 2 aromatic carbocycles. The Morgan fingerprint density at radius 3 is 2.60 bits per heavy atom. The van der Waals surface area contributed by atoms with Gasteiger partial charge < -0.3 is 10.6 Å². The van der Waals surface area contributed by atoms with Crippen LogP contribution in [0.1, 0.15) is 43.7 Å². The van der Waals surface area contributed by atoms with Crippen LogP contribution < -0.4 is 15.4 Å². The molecule has 2 atom stereocenters. The standard InChI is InChI=1S/C25H30N4O5S/c1-16-7-6-9-20(13-16)28-35(33,34)21-14-19(11-10-17(21)2)26-22(30)15-29-23(31)25(27-24(29)32)12-5-4-8-18(25)3/h6-7,9-11,13-14,18,28H,4-5,8,12,15H2,1-3H3,(H,26,30)(H,27,32)/t18-,25-/m0/s1. The molecule has 1 heterocycles. The van der Waals surface area contributed by atoms with Crippen molar-refractivity contribution in [2.45, 2.75) is 56.9 Å². The molecule has 1 aliphatic carbocycles. The highest BCUT2D eigenvalue weighted by Gasteiger charge is 2.55. The molecule has 0 aromatic heterocycles. The molecule has 1 saturated carbocycles. The minimum atomic E-state index is -3.91. The average molecular weight is 499 g/mol. The van der Waals surface area contributed by atoms with Gasteiger partial charge in [-0.05, 0) is 68.0 Å². The molecule has 186 valence electrons. The van der Waals surface area contributed by atoms with Crippen molar-refractivity contribution in [1.82, 2.24) is 10.2 Å². The molecule has 35 heavy (non-hydrogen) atoms. The first-order valence-electron chi connectivity index (χ1n) is 11.7. The van der Waals surface area contributed by atoms with Crippen LogP contribution in [0, 0.1) is 19.8 Å². The summed E-state index contributed by atoms with van der Waals surface area (Å²) in [6.45, 7) is 5.02. The van der Waals surface area contributed by atoms with Crippen molar-refractivity contribution in [1.29, 1.82) is 0 Å². The van der Waals surface area contributed by atoms with E-state index in [1.54, 1.807) is 37.3 Å². The fourth-order valence-electron chi connectivity index (χ4n) is 4.87. The third kappa shape index (κ3) is 4.88. The van der Waals surface area contributed by atoms with Crippen molar-refractivity contribution in [3.63, 3.8) is 0 Å². The Morgan fingerprint density at radius 2 is 1.89 bits per heavy atom. The molecule has 2 fully saturated rings. The molecule has 0 bridgehead atoms. The lowest BCUT2D eigenvalue weighted by Gasteiger charge is -2.36. The van der Waals surface area contributed by atoms with E-state index in [0.29, 0.717) is 17.7 Å². The predicted octanol–water partition coefficient (Wildman–Crippen LogP) is 3.54. The number of carbonyl (C=O) groups is 3. The molecular weight excluding hydrogens is 468 g/mol. The van der Waals surface area contributed by atoms with E-state index in [1.165, 1.54) is 6.07 Å². The lowest BCUT2D eigenvalue weighted by Crippen LogP contribution is -2.54. The molecule has 3 N–H and O–H groups in total. The lowest BCUT2D eigenvalue weighted by atomic mass is 9.73. The van der Waals surface area contributed by atoms with Crippen molar-refractivity contribution in [3.8, 4) is 0 Å². The molecule has 1 saturated heterocycles. The Bertz CT molecular complexity index is 1290. The first kappa shape index (κ1) is 24.7. The highest BCUT2D eigenvalue weighted by molar-refractivity contribution is 7.92. The van der Waals surface area contributed by atoms with E-state index in [2.05, 4.69) is 15.4 Å². The number of rotatable bonds is 6. The van der Waals surface area contributed by atoms with Crippen LogP contribution in [-0.2, 0) is 19.6 Å². The monoisotopic (exact) mass is 498 g/mol. The van der Waals surface area contributed by atoms with E-state index >= 15 is 0 Å². The molecule has 10 heteroatoms. The number of urea groups is 1. The van der Waals surface area contributed by atoms with E-state index in [1.807, 2.05) is 19.9 Å². The van der Waals surface area contributed by atoms with Crippen molar-refractivity contribution in [2.24, 2.45) is 5.92 Å². The van der Waals surface area contributed by atoms with Gasteiger partial charge in [-0.1, -0.05) is 38.0 Å². The maximum atomic E-state index is 13.1. The number of imide groups is 1. The lowest BCUT2D eigenvalue weighted by molar-refractivity contribution is -0.136. The van der Waals surface area contributed by atoms with Crippen LogP contribution in [-0.4, -0.2) is 43.2 Å². The van der Waals surface area contributed by atoms with Crippen molar-refractivity contribution in [3.05, 3.63) is 53.6 Å². The van der Waals surface area contributed by atoms with Crippen molar-refractivity contribution in [2.75, 3.05) is 16.6 Å². The minimum Gasteiger partial charge on any atom is -0.324 e. The van der Waals surface area contributed by atoms with E-state index < -0.39 is 34.0 Å². The average Bonchev–Trinajstić information content (AvgIpc) is 3.01. The number of carbonyl (C=O) groups excluding carboxylic acids is 3. The number of amides is 4. The van der Waals surface area contributed by atoms with Crippen LogP contribution in [0.2, 0.25) is 0 Å². The van der Waals surface area contributed by atoms with Crippen LogP contribution in [0.4, 0.5) is 16.2 Å². The number of hydrogen-bond acceptors (Lipinski definition) is 5. The van der Waals surface area contributed by atoms with Gasteiger partial charge in [0.2, 0.25) is 5.91 Å². The largest absolute Gasteiger partial charge is 0.325 e. The second-order valence-corrected chi connectivity index (χ2v) is 11.1. The summed E-state index contributed by atoms with van der Waals surface area (Å²) in [5, 5.41) is 5.44. The molecule has 9 nitrogen and oxygen atoms in total. The summed E-state index contributed by atoms with van der Waals surface area (Å²) in [7, 11) is -3.91. The third-order valence-corrected chi connectivity index (χ3v) is 8.36. The molecule has 2 aromatic rings. The van der Waals surface area contributed by atoms with Gasteiger partial charge in [-0.3, -0.25) is 19.2 Å². The zero-order chi connectivity index (χ0) is 25.4. The van der Waals surface area contributed by atoms with Gasteiger partial charge in [0.15, 0.2) is 0 Å². The van der Waals surface area contributed by atoms with Crippen LogP contribution >= 0.6 is 0 Å². The minimum absolute atomic E-state index is 0.00785. The zero-order valence-corrected chi connectivity index (χ0v) is 20.9. The fraction of sp³-hybridized carbons (Fsp3) is 0.400. The molecule has 4 amide bonds. The maximum absolute atomic E-state index is 13.1. The quantitative estimate of drug-likeness (QED) is 0.526. The summed E-state index contributed by atoms with van der Waals surface area (Å²) in [5.74, 6) is -0.973. The second-order valence-electron chi connectivity index (χ2n) is 9.44. The van der Waals surface area contributed by atoms with Gasteiger partial charge in [0.1, 0.15) is 12.1 Å². The summed E-state index contributed by atoms with van der Waals surface area (Å²) in [6, 6.07) is 10.9. The topological polar surface area (TPSA) is 125 Å². The van der Waals surface area contributed by atoms with Gasteiger partial charge in [-0.15, -0.1) is 0 Å². The summed E-state index contributed by atoms with van der Waals surface area (Å²) >= 11 is 0. The smallest absolute Gasteiger partial charge is 0.324 e. The molecular formula is C25H30N4O5S. The molecule has 4 rings (SSSR count). The number of nitrogens with zero attached hydrogens (tertiary/aromatic N) is 1. The van der Waals surface area contributed by atoms with Gasteiger partial charge in [-0.25, -0.2) is 13.2 Å². The van der Waals surface area contributed by atoms with E-state index in [9.17, 15) is 22.8 Å². The molecule has 2 aliphatic rings. The first-order valence-corrected chi connectivity index (χ1v) is 13.1. The summed E-state index contributed by atoms with van der Waals surface area (Å²) in [5.41, 5.74) is 1.15. The molecule has 1 aliphatic heterocycles. The number of hydrogen-bond donors (Lipinski definition) is 3. The number of aryl methyl sites for hydroxylation is 2. The zero-order valence-electron chi connectivity index (χ0n) is 20.1. The molecule has 0 radical (unpaired) electrons. The van der Waals surface area contributed by atoms with Gasteiger partial charge in [0, 0.05) is 11.4 Å². The Hall–Kier alpha value is -3.40. The van der Waals surface area contributed by atoms with Gasteiger partial charge in [-0.2, -0.15) is 0 Å². The van der Waals surface area contributed by atoms with Gasteiger partial charge >= 0.3 is 6.03 Å². The summed E-state index contributed by atoms with van der Waals surface area (Å²) < 4.78 is 28.6. The summed E-state index contributed by atoms with van der Waals surface area (Å²) in [4.78, 5) is 39.3. The van der Waals surface area contributed by atoms with Crippen LogP contribution in [0.25, 0.3) is 0 Å². The van der Waals surface area contributed by atoms with E-state index in [4.69, 9.17) is 0 Å². The van der Waals surface area contributed by atoms with E-state index in [-0.39, 0.29) is 22.4 Å². The molecule has 1 spiro atoms. The fourth-order valence-corrected chi connectivity index (χ4v) is 6.19. The van der Waals surface area contributed by atoms with Gasteiger partial charge in [0.05, 0.1) is 4.90 Å². The van der Waals surface area contributed by atoms with Crippen LogP contribution in [0.5, 0.6) is 0 Å². The Morgan fingerprint density at radius 1 is 1.11 bits per heavy atom. The SMILES string of the molecule is Cc1cccc(NS(=O)(=O)c2cc(NC(=O)CN3C(=O)N[C@]4(CCCC[C@@H]4C)C3=O)ccc2C)c1. The maximum Gasteiger partial charge on any atom is 0.325 e. The van der Waals surface area contributed by atoms with E-state index in [0.717, 1.165) is 29.7 Å². The highest BCUT2D eigenvalue weighted by atomic mass is 32.2. The third-order valence-electron chi connectivity index (χ3n) is 6.83. The summed E-state index contributed by atoms with van der Waals surface area (Å²) in [6.07, 6.45) is 3.24. The normalized spacial score (nSPS) is 22.3. The Labute approximate surface area is 205 Å². The Balaban J connectivity index is 1.48. The number of sulfonamides is 1.